The van der Waals surface area contributed by atoms with Gasteiger partial charge in [-0.1, -0.05) is 27.2 Å². The van der Waals surface area contributed by atoms with Crippen molar-refractivity contribution in [3.8, 4) is 0 Å². The van der Waals surface area contributed by atoms with E-state index >= 15 is 0 Å². The molecule has 0 radical (unpaired) electrons. The summed E-state index contributed by atoms with van der Waals surface area (Å²) in [6, 6.07) is -0.0999. The zero-order chi connectivity index (χ0) is 20.7. The van der Waals surface area contributed by atoms with Crippen molar-refractivity contribution < 1.29 is 21.6 Å². The Morgan fingerprint density at radius 2 is 1.74 bits per heavy atom. The van der Waals surface area contributed by atoms with Gasteiger partial charge >= 0.3 is 15.5 Å². The SMILES string of the molecule is CCNC(=NCCCCC(C)(C)C)NC1CCN(S(=O)(=O)C(F)(F)F)CC1. The molecular formula is C17H33F3N4O2S. The van der Waals surface area contributed by atoms with Crippen LogP contribution >= 0.6 is 0 Å². The highest BCUT2D eigenvalue weighted by atomic mass is 32.2. The molecule has 0 atom stereocenters. The average molecular weight is 415 g/mol. The summed E-state index contributed by atoms with van der Waals surface area (Å²) in [6.07, 6.45) is 3.79. The number of nitrogens with zero attached hydrogens (tertiary/aromatic N) is 2. The second kappa shape index (κ2) is 9.95. The van der Waals surface area contributed by atoms with Gasteiger partial charge in [0.05, 0.1) is 0 Å². The maximum absolute atomic E-state index is 12.6. The fourth-order valence-corrected chi connectivity index (χ4v) is 3.84. The largest absolute Gasteiger partial charge is 0.511 e. The zero-order valence-corrected chi connectivity index (χ0v) is 17.5. The van der Waals surface area contributed by atoms with E-state index in [4.69, 9.17) is 0 Å². The van der Waals surface area contributed by atoms with Gasteiger partial charge in [0.1, 0.15) is 0 Å². The van der Waals surface area contributed by atoms with E-state index in [0.29, 0.717) is 41.6 Å². The van der Waals surface area contributed by atoms with Crippen LogP contribution in [-0.4, -0.2) is 56.4 Å². The summed E-state index contributed by atoms with van der Waals surface area (Å²) >= 11 is 0. The number of nitrogens with one attached hydrogen (secondary N) is 2. The molecule has 27 heavy (non-hydrogen) atoms. The Morgan fingerprint density at radius 3 is 2.22 bits per heavy atom. The van der Waals surface area contributed by atoms with Crippen molar-refractivity contribution in [2.75, 3.05) is 26.2 Å². The predicted octanol–water partition coefficient (Wildman–Crippen LogP) is 3.07. The molecule has 1 fully saturated rings. The molecular weight excluding hydrogens is 381 g/mol. The van der Waals surface area contributed by atoms with Crippen molar-refractivity contribution in [3.05, 3.63) is 0 Å². The van der Waals surface area contributed by atoms with Crippen LogP contribution in [0.3, 0.4) is 0 Å². The van der Waals surface area contributed by atoms with Gasteiger partial charge in [-0.2, -0.15) is 17.5 Å². The highest BCUT2D eigenvalue weighted by molar-refractivity contribution is 7.90. The number of sulfonamides is 1. The maximum atomic E-state index is 12.6. The van der Waals surface area contributed by atoms with E-state index in [1.165, 1.54) is 0 Å². The lowest BCUT2D eigenvalue weighted by Crippen LogP contribution is -2.51. The van der Waals surface area contributed by atoms with Crippen LogP contribution < -0.4 is 10.6 Å². The van der Waals surface area contributed by atoms with E-state index in [9.17, 15) is 21.6 Å². The third kappa shape index (κ3) is 8.25. The average Bonchev–Trinajstić information content (AvgIpc) is 2.53. The number of guanidine groups is 1. The van der Waals surface area contributed by atoms with Gasteiger partial charge in [0, 0.05) is 32.2 Å². The van der Waals surface area contributed by atoms with E-state index in [1.807, 2.05) is 6.92 Å². The number of piperidine rings is 1. The van der Waals surface area contributed by atoms with Crippen LogP contribution in [0.25, 0.3) is 0 Å². The summed E-state index contributed by atoms with van der Waals surface area (Å²) in [6.45, 7) is 9.60. The van der Waals surface area contributed by atoms with Crippen LogP contribution in [0.2, 0.25) is 0 Å². The zero-order valence-electron chi connectivity index (χ0n) is 16.7. The van der Waals surface area contributed by atoms with Crippen molar-refractivity contribution in [1.29, 1.82) is 0 Å². The third-order valence-corrected chi connectivity index (χ3v) is 6.01. The monoisotopic (exact) mass is 414 g/mol. The normalized spacial score (nSPS) is 18.6. The van der Waals surface area contributed by atoms with E-state index in [0.717, 1.165) is 19.3 Å². The van der Waals surface area contributed by atoms with Crippen LogP contribution in [0.1, 0.15) is 59.8 Å². The number of halogens is 3. The lowest BCUT2D eigenvalue weighted by molar-refractivity contribution is -0.0494. The van der Waals surface area contributed by atoms with Crippen molar-refractivity contribution in [2.24, 2.45) is 10.4 Å². The van der Waals surface area contributed by atoms with E-state index in [2.05, 4.69) is 36.4 Å². The molecule has 1 rings (SSSR count). The number of unbranched alkanes of at least 4 members (excludes halogenated alkanes) is 1. The standard InChI is InChI=1S/C17H33F3N4O2S/c1-5-21-15(22-11-7-6-10-16(2,3)4)23-14-8-12-24(13-9-14)27(25,26)17(18,19)20/h14H,5-13H2,1-4H3,(H2,21,22,23). The van der Waals surface area contributed by atoms with E-state index < -0.39 is 15.5 Å². The van der Waals surface area contributed by atoms with Gasteiger partial charge in [0.15, 0.2) is 5.96 Å². The Hall–Kier alpha value is -1.03. The lowest BCUT2D eigenvalue weighted by Gasteiger charge is -2.32. The fourth-order valence-electron chi connectivity index (χ4n) is 2.86. The van der Waals surface area contributed by atoms with Crippen molar-refractivity contribution in [3.63, 3.8) is 0 Å². The first-order chi connectivity index (χ1) is 12.4. The quantitative estimate of drug-likeness (QED) is 0.381. The van der Waals surface area contributed by atoms with Crippen LogP contribution in [-0.2, 0) is 10.0 Å². The Bertz CT molecular complexity index is 578. The summed E-state index contributed by atoms with van der Waals surface area (Å²) in [5.41, 5.74) is -4.94. The molecule has 1 saturated heterocycles. The van der Waals surface area contributed by atoms with E-state index in [-0.39, 0.29) is 19.1 Å². The Balaban J connectivity index is 2.49. The first kappa shape index (κ1) is 24.0. The first-order valence-corrected chi connectivity index (χ1v) is 10.9. The highest BCUT2D eigenvalue weighted by Gasteiger charge is 2.50. The molecule has 0 unspecified atom stereocenters. The van der Waals surface area contributed by atoms with E-state index in [1.54, 1.807) is 0 Å². The molecule has 0 amide bonds. The van der Waals surface area contributed by atoms with Crippen LogP contribution in [0, 0.1) is 5.41 Å². The molecule has 1 heterocycles. The van der Waals surface area contributed by atoms with Gasteiger partial charge in [-0.05, 0) is 38.0 Å². The molecule has 0 bridgehead atoms. The van der Waals surface area contributed by atoms with Gasteiger partial charge < -0.3 is 10.6 Å². The molecule has 160 valence electrons. The van der Waals surface area contributed by atoms with Crippen molar-refractivity contribution >= 4 is 16.0 Å². The molecule has 0 aromatic rings. The topological polar surface area (TPSA) is 73.8 Å². The molecule has 1 aliphatic rings. The Kier molecular flexibility index (Phi) is 8.85. The Labute approximate surface area is 161 Å². The minimum atomic E-state index is -5.24. The van der Waals surface area contributed by atoms with Gasteiger partial charge in [-0.25, -0.2) is 8.42 Å². The van der Waals surface area contributed by atoms with Gasteiger partial charge in [0.2, 0.25) is 0 Å². The highest BCUT2D eigenvalue weighted by Crippen LogP contribution is 2.29. The number of hydrogen-bond acceptors (Lipinski definition) is 3. The minimum absolute atomic E-state index is 0.0999. The smallest absolute Gasteiger partial charge is 0.357 e. The second-order valence-electron chi connectivity index (χ2n) is 8.05. The molecule has 0 aliphatic carbocycles. The number of aliphatic imine (C=N–C) groups is 1. The third-order valence-electron chi connectivity index (χ3n) is 4.38. The fraction of sp³-hybridized carbons (Fsp3) is 0.941. The molecule has 0 aromatic carbocycles. The van der Waals surface area contributed by atoms with Crippen LogP contribution in [0.5, 0.6) is 0 Å². The number of hydrogen-bond donors (Lipinski definition) is 2. The summed E-state index contributed by atoms with van der Waals surface area (Å²) in [4.78, 5) is 4.52. The van der Waals surface area contributed by atoms with Crippen LogP contribution in [0.15, 0.2) is 4.99 Å². The van der Waals surface area contributed by atoms with Crippen LogP contribution in [0.4, 0.5) is 13.2 Å². The molecule has 1 aliphatic heterocycles. The van der Waals surface area contributed by atoms with Crippen molar-refractivity contribution in [1.82, 2.24) is 14.9 Å². The summed E-state index contributed by atoms with van der Waals surface area (Å²) in [5, 5.41) is 6.34. The summed E-state index contributed by atoms with van der Waals surface area (Å²) in [5.74, 6) is 0.630. The second-order valence-corrected chi connectivity index (χ2v) is 9.98. The molecule has 6 nitrogen and oxygen atoms in total. The lowest BCUT2D eigenvalue weighted by atomic mass is 9.90. The number of rotatable bonds is 7. The van der Waals surface area contributed by atoms with Gasteiger partial charge in [-0.15, -0.1) is 0 Å². The number of alkyl halides is 3. The minimum Gasteiger partial charge on any atom is -0.357 e. The molecule has 0 aromatic heterocycles. The maximum Gasteiger partial charge on any atom is 0.511 e. The molecule has 0 saturated carbocycles. The molecule has 2 N–H and O–H groups in total. The summed E-state index contributed by atoms with van der Waals surface area (Å²) in [7, 11) is -5.23. The molecule has 0 spiro atoms. The van der Waals surface area contributed by atoms with Gasteiger partial charge in [-0.3, -0.25) is 4.99 Å². The Morgan fingerprint density at radius 1 is 1.15 bits per heavy atom. The molecule has 10 heteroatoms. The predicted molar refractivity (Wildman–Crippen MR) is 102 cm³/mol. The summed E-state index contributed by atoms with van der Waals surface area (Å²) < 4.78 is 61.3. The van der Waals surface area contributed by atoms with Gasteiger partial charge in [0.25, 0.3) is 0 Å². The first-order valence-electron chi connectivity index (χ1n) is 9.48. The van der Waals surface area contributed by atoms with Crippen molar-refractivity contribution in [2.45, 2.75) is 71.3 Å².